The Balaban J connectivity index is 1.84. The summed E-state index contributed by atoms with van der Waals surface area (Å²) in [5, 5.41) is 1.39. The van der Waals surface area contributed by atoms with Crippen LogP contribution in [-0.2, 0) is 0 Å². The summed E-state index contributed by atoms with van der Waals surface area (Å²) >= 11 is 11.7. The van der Waals surface area contributed by atoms with Gasteiger partial charge in [-0.2, -0.15) is 4.98 Å². The molecule has 2 aromatic heterocycles. The third-order valence-corrected chi connectivity index (χ3v) is 5.97. The highest BCUT2D eigenvalue weighted by Gasteiger charge is 2.17. The first-order valence-corrected chi connectivity index (χ1v) is 11.0. The molecular weight excluding hydrogens is 452 g/mol. The number of pyridine rings is 1. The van der Waals surface area contributed by atoms with E-state index >= 15 is 0 Å². The van der Waals surface area contributed by atoms with Crippen LogP contribution >= 0.6 is 23.8 Å². The molecular formula is C26H19ClN4OS. The summed E-state index contributed by atoms with van der Waals surface area (Å²) in [6, 6.07) is 27.1. The Morgan fingerprint density at radius 2 is 1.55 bits per heavy atom. The van der Waals surface area contributed by atoms with Crippen LogP contribution in [0.4, 0.5) is 5.82 Å². The van der Waals surface area contributed by atoms with Crippen LogP contribution in [0.3, 0.4) is 0 Å². The number of aromatic nitrogens is 3. The number of nitrogens with two attached hydrogens (primary N) is 1. The molecule has 5 rings (SSSR count). The molecule has 0 spiro atoms. The van der Waals surface area contributed by atoms with Crippen molar-refractivity contribution in [1.82, 2.24) is 14.5 Å². The second-order valence-corrected chi connectivity index (χ2v) is 8.24. The fraction of sp³-hybridized carbons (Fsp3) is 0.0385. The van der Waals surface area contributed by atoms with Gasteiger partial charge in [0.2, 0.25) is 4.77 Å². The van der Waals surface area contributed by atoms with Crippen LogP contribution in [0, 0.1) is 4.77 Å². The second-order valence-electron chi connectivity index (χ2n) is 7.44. The average molecular weight is 471 g/mol. The Labute approximate surface area is 201 Å². The molecule has 0 aliphatic carbocycles. The molecule has 7 heteroatoms. The van der Waals surface area contributed by atoms with Gasteiger partial charge in [-0.05, 0) is 65.8 Å². The molecule has 3 aromatic carbocycles. The van der Waals surface area contributed by atoms with Gasteiger partial charge in [-0.3, -0.25) is 4.57 Å². The number of nitrogen functional groups attached to an aromatic ring is 1. The van der Waals surface area contributed by atoms with Crippen molar-refractivity contribution in [3.63, 3.8) is 0 Å². The number of fused-ring (bicyclic) bond motifs is 1. The van der Waals surface area contributed by atoms with Crippen LogP contribution in [0.25, 0.3) is 39.1 Å². The molecule has 0 bridgehead atoms. The van der Waals surface area contributed by atoms with E-state index in [2.05, 4.69) is 4.98 Å². The summed E-state index contributed by atoms with van der Waals surface area (Å²) in [5.41, 5.74) is 11.6. The van der Waals surface area contributed by atoms with Crippen molar-refractivity contribution in [3.8, 4) is 33.8 Å². The number of rotatable bonds is 4. The first-order chi connectivity index (χ1) is 16.0. The van der Waals surface area contributed by atoms with E-state index in [0.717, 1.165) is 39.2 Å². The Kier molecular flexibility index (Phi) is 5.54. The van der Waals surface area contributed by atoms with Gasteiger partial charge in [0.15, 0.2) is 5.65 Å². The summed E-state index contributed by atoms with van der Waals surface area (Å²) < 4.78 is 7.45. The van der Waals surface area contributed by atoms with Gasteiger partial charge in [0.05, 0.1) is 18.2 Å². The molecule has 2 heterocycles. The minimum atomic E-state index is 0.340. The highest BCUT2D eigenvalue weighted by atomic mass is 35.5. The van der Waals surface area contributed by atoms with E-state index in [0.29, 0.717) is 21.3 Å². The SMILES string of the molecule is COc1ccc(-c2cc(-c3ccc(Cl)cc3)nc3nc(=S)n(-c4ccccc4)c(N)c23)cc1. The van der Waals surface area contributed by atoms with Gasteiger partial charge >= 0.3 is 0 Å². The summed E-state index contributed by atoms with van der Waals surface area (Å²) in [5.74, 6) is 1.26. The van der Waals surface area contributed by atoms with E-state index < -0.39 is 0 Å². The molecule has 0 radical (unpaired) electrons. The van der Waals surface area contributed by atoms with Crippen molar-refractivity contribution in [1.29, 1.82) is 0 Å². The van der Waals surface area contributed by atoms with Crippen molar-refractivity contribution < 1.29 is 4.74 Å². The van der Waals surface area contributed by atoms with E-state index in [4.69, 9.17) is 39.3 Å². The van der Waals surface area contributed by atoms with Gasteiger partial charge in [0, 0.05) is 16.3 Å². The Morgan fingerprint density at radius 1 is 0.879 bits per heavy atom. The van der Waals surface area contributed by atoms with E-state index in [1.54, 1.807) is 11.7 Å². The zero-order valence-corrected chi connectivity index (χ0v) is 19.3. The normalized spacial score (nSPS) is 11.0. The maximum absolute atomic E-state index is 6.73. The fourth-order valence-corrected chi connectivity index (χ4v) is 4.23. The van der Waals surface area contributed by atoms with Gasteiger partial charge in [0.1, 0.15) is 11.6 Å². The number of nitrogens with zero attached hydrogens (tertiary/aromatic N) is 3. The molecule has 5 nitrogen and oxygen atoms in total. The van der Waals surface area contributed by atoms with E-state index in [1.165, 1.54) is 0 Å². The molecule has 33 heavy (non-hydrogen) atoms. The lowest BCUT2D eigenvalue weighted by Gasteiger charge is -2.16. The zero-order valence-electron chi connectivity index (χ0n) is 17.7. The maximum atomic E-state index is 6.73. The van der Waals surface area contributed by atoms with Crippen molar-refractivity contribution in [2.45, 2.75) is 0 Å². The second kappa shape index (κ2) is 8.65. The number of methoxy groups -OCH3 is 1. The lowest BCUT2D eigenvalue weighted by molar-refractivity contribution is 0.415. The van der Waals surface area contributed by atoms with E-state index in [-0.39, 0.29) is 0 Å². The maximum Gasteiger partial charge on any atom is 0.207 e. The summed E-state index contributed by atoms with van der Waals surface area (Å²) in [4.78, 5) is 9.48. The molecule has 0 saturated heterocycles. The number of ether oxygens (including phenoxy) is 1. The number of benzene rings is 3. The molecule has 0 saturated carbocycles. The monoisotopic (exact) mass is 470 g/mol. The van der Waals surface area contributed by atoms with Gasteiger partial charge in [0.25, 0.3) is 0 Å². The van der Waals surface area contributed by atoms with Crippen LogP contribution in [-0.4, -0.2) is 21.6 Å². The zero-order chi connectivity index (χ0) is 22.9. The predicted octanol–water partition coefficient (Wildman–Crippen LogP) is 6.73. The summed E-state index contributed by atoms with van der Waals surface area (Å²) in [6.07, 6.45) is 0. The quantitative estimate of drug-likeness (QED) is 0.295. The molecule has 0 aliphatic heterocycles. The highest BCUT2D eigenvalue weighted by molar-refractivity contribution is 7.71. The number of hydrogen-bond acceptors (Lipinski definition) is 5. The van der Waals surface area contributed by atoms with Crippen LogP contribution < -0.4 is 10.5 Å². The Hall–Kier alpha value is -3.74. The molecule has 162 valence electrons. The van der Waals surface area contributed by atoms with Crippen LogP contribution in [0.2, 0.25) is 5.02 Å². The minimum Gasteiger partial charge on any atom is -0.497 e. The largest absolute Gasteiger partial charge is 0.497 e. The van der Waals surface area contributed by atoms with E-state index in [9.17, 15) is 0 Å². The van der Waals surface area contributed by atoms with Gasteiger partial charge in [-0.15, -0.1) is 0 Å². The standard InChI is InChI=1S/C26H19ClN4OS/c1-32-20-13-9-16(10-14-20)21-15-22(17-7-11-18(27)12-8-17)29-25-23(21)24(28)31(26(33)30-25)19-5-3-2-4-6-19/h2-15H,28H2,1H3. The average Bonchev–Trinajstić information content (AvgIpc) is 2.84. The van der Waals surface area contributed by atoms with Gasteiger partial charge in [-0.1, -0.05) is 54.1 Å². The van der Waals surface area contributed by atoms with Crippen molar-refractivity contribution >= 4 is 40.7 Å². The minimum absolute atomic E-state index is 0.340. The number of anilines is 1. The smallest absolute Gasteiger partial charge is 0.207 e. The van der Waals surface area contributed by atoms with Crippen molar-refractivity contribution in [2.24, 2.45) is 0 Å². The van der Waals surface area contributed by atoms with Crippen LogP contribution in [0.5, 0.6) is 5.75 Å². The lowest BCUT2D eigenvalue weighted by atomic mass is 9.99. The van der Waals surface area contributed by atoms with E-state index in [1.807, 2.05) is 84.9 Å². The first kappa shape index (κ1) is 21.1. The van der Waals surface area contributed by atoms with Gasteiger partial charge in [-0.25, -0.2) is 4.98 Å². The topological polar surface area (TPSA) is 66.0 Å². The molecule has 0 aliphatic rings. The van der Waals surface area contributed by atoms with Gasteiger partial charge < -0.3 is 10.5 Å². The predicted molar refractivity (Wildman–Crippen MR) is 137 cm³/mol. The molecule has 5 aromatic rings. The molecule has 0 amide bonds. The molecule has 0 unspecified atom stereocenters. The third kappa shape index (κ3) is 3.95. The number of halogens is 1. The Morgan fingerprint density at radius 3 is 2.21 bits per heavy atom. The van der Waals surface area contributed by atoms with Crippen LogP contribution in [0.15, 0.2) is 84.9 Å². The summed E-state index contributed by atoms with van der Waals surface area (Å²) in [7, 11) is 1.64. The third-order valence-electron chi connectivity index (χ3n) is 5.45. The van der Waals surface area contributed by atoms with Crippen LogP contribution in [0.1, 0.15) is 0 Å². The highest BCUT2D eigenvalue weighted by Crippen LogP contribution is 2.36. The fourth-order valence-electron chi connectivity index (χ4n) is 3.81. The molecule has 0 atom stereocenters. The number of para-hydroxylation sites is 1. The lowest BCUT2D eigenvalue weighted by Crippen LogP contribution is -2.09. The Bertz CT molecular complexity index is 1520. The molecule has 2 N–H and O–H groups in total. The van der Waals surface area contributed by atoms with Crippen molar-refractivity contribution in [2.75, 3.05) is 12.8 Å². The first-order valence-electron chi connectivity index (χ1n) is 10.2. The molecule has 0 fully saturated rings. The van der Waals surface area contributed by atoms with Crippen molar-refractivity contribution in [3.05, 3.63) is 94.7 Å². The number of hydrogen-bond donors (Lipinski definition) is 1. The summed E-state index contributed by atoms with van der Waals surface area (Å²) in [6.45, 7) is 0.